The first kappa shape index (κ1) is 15.0. The fourth-order valence-corrected chi connectivity index (χ4v) is 3.08. The molecule has 20 heavy (non-hydrogen) atoms. The standard InChI is InChI=1S/C17H24FNO/c1-3-12-19(13-4-2)16(20)17(10-5-11-17)14-6-8-15(18)9-7-14/h6-9H,3-5,10-13H2,1-2H3. The number of hydrogen-bond acceptors (Lipinski definition) is 1. The Morgan fingerprint density at radius 2 is 1.70 bits per heavy atom. The minimum atomic E-state index is -0.391. The molecular weight excluding hydrogens is 253 g/mol. The molecule has 2 nitrogen and oxygen atoms in total. The highest BCUT2D eigenvalue weighted by atomic mass is 19.1. The largest absolute Gasteiger partial charge is 0.342 e. The minimum absolute atomic E-state index is 0.235. The lowest BCUT2D eigenvalue weighted by atomic mass is 9.63. The minimum Gasteiger partial charge on any atom is -0.342 e. The van der Waals surface area contributed by atoms with E-state index in [-0.39, 0.29) is 11.7 Å². The van der Waals surface area contributed by atoms with Crippen LogP contribution >= 0.6 is 0 Å². The van der Waals surface area contributed by atoms with Crippen molar-refractivity contribution in [3.63, 3.8) is 0 Å². The van der Waals surface area contributed by atoms with Crippen molar-refractivity contribution in [3.05, 3.63) is 35.6 Å². The Bertz CT molecular complexity index is 445. The van der Waals surface area contributed by atoms with Gasteiger partial charge in [-0.2, -0.15) is 0 Å². The molecule has 1 saturated carbocycles. The first-order valence-corrected chi connectivity index (χ1v) is 7.69. The lowest BCUT2D eigenvalue weighted by Crippen LogP contribution is -2.51. The van der Waals surface area contributed by atoms with Gasteiger partial charge in [-0.25, -0.2) is 4.39 Å². The van der Waals surface area contributed by atoms with Crippen LogP contribution in [0.4, 0.5) is 4.39 Å². The van der Waals surface area contributed by atoms with E-state index in [9.17, 15) is 9.18 Å². The average molecular weight is 277 g/mol. The number of nitrogens with zero attached hydrogens (tertiary/aromatic N) is 1. The quantitative estimate of drug-likeness (QED) is 0.772. The summed E-state index contributed by atoms with van der Waals surface area (Å²) in [6, 6.07) is 6.49. The molecular formula is C17H24FNO. The van der Waals surface area contributed by atoms with Crippen molar-refractivity contribution in [2.24, 2.45) is 0 Å². The molecule has 0 saturated heterocycles. The topological polar surface area (TPSA) is 20.3 Å². The molecule has 3 heteroatoms. The van der Waals surface area contributed by atoms with Crippen molar-refractivity contribution in [1.82, 2.24) is 4.90 Å². The van der Waals surface area contributed by atoms with E-state index >= 15 is 0 Å². The molecule has 110 valence electrons. The third kappa shape index (κ3) is 2.72. The number of hydrogen-bond donors (Lipinski definition) is 0. The number of rotatable bonds is 6. The molecule has 1 amide bonds. The van der Waals surface area contributed by atoms with Crippen LogP contribution in [0.25, 0.3) is 0 Å². The van der Waals surface area contributed by atoms with Crippen LogP contribution in [0.1, 0.15) is 51.5 Å². The van der Waals surface area contributed by atoms with E-state index in [4.69, 9.17) is 0 Å². The second-order valence-corrected chi connectivity index (χ2v) is 5.73. The second kappa shape index (κ2) is 6.38. The van der Waals surface area contributed by atoms with E-state index in [1.54, 1.807) is 12.1 Å². The van der Waals surface area contributed by atoms with Crippen molar-refractivity contribution in [3.8, 4) is 0 Å². The molecule has 0 N–H and O–H groups in total. The fourth-order valence-electron chi connectivity index (χ4n) is 3.08. The summed E-state index contributed by atoms with van der Waals surface area (Å²) in [6.45, 7) is 5.83. The molecule has 0 radical (unpaired) electrons. The SMILES string of the molecule is CCCN(CCC)C(=O)C1(c2ccc(F)cc2)CCC1. The molecule has 0 bridgehead atoms. The van der Waals surface area contributed by atoms with E-state index < -0.39 is 5.41 Å². The summed E-state index contributed by atoms with van der Waals surface area (Å²) in [5.74, 6) is -0.00583. The van der Waals surface area contributed by atoms with Crippen molar-refractivity contribution in [2.45, 2.75) is 51.4 Å². The molecule has 1 fully saturated rings. The van der Waals surface area contributed by atoms with Gasteiger partial charge in [0.2, 0.25) is 5.91 Å². The van der Waals surface area contributed by atoms with E-state index in [0.29, 0.717) is 0 Å². The Hall–Kier alpha value is -1.38. The molecule has 1 aliphatic rings. The molecule has 1 aromatic rings. The summed E-state index contributed by atoms with van der Waals surface area (Å²) < 4.78 is 13.1. The van der Waals surface area contributed by atoms with Crippen LogP contribution in [0.3, 0.4) is 0 Å². The molecule has 0 aromatic heterocycles. The second-order valence-electron chi connectivity index (χ2n) is 5.73. The summed E-state index contributed by atoms with van der Waals surface area (Å²) >= 11 is 0. The Balaban J connectivity index is 2.25. The number of carbonyl (C=O) groups excluding carboxylic acids is 1. The maximum atomic E-state index is 13.1. The first-order chi connectivity index (χ1) is 9.64. The van der Waals surface area contributed by atoms with Crippen LogP contribution in [-0.2, 0) is 10.2 Å². The van der Waals surface area contributed by atoms with Gasteiger partial charge >= 0.3 is 0 Å². The van der Waals surface area contributed by atoms with Crippen LogP contribution in [0.15, 0.2) is 24.3 Å². The van der Waals surface area contributed by atoms with Crippen molar-refractivity contribution in [2.75, 3.05) is 13.1 Å². The number of amides is 1. The maximum absolute atomic E-state index is 13.1. The zero-order chi connectivity index (χ0) is 14.6. The third-order valence-corrected chi connectivity index (χ3v) is 4.29. The van der Waals surface area contributed by atoms with Gasteiger partial charge in [-0.3, -0.25) is 4.79 Å². The van der Waals surface area contributed by atoms with Crippen LogP contribution in [0.2, 0.25) is 0 Å². The monoisotopic (exact) mass is 277 g/mol. The maximum Gasteiger partial charge on any atom is 0.233 e. The Labute approximate surface area is 121 Å². The first-order valence-electron chi connectivity index (χ1n) is 7.69. The van der Waals surface area contributed by atoms with Gasteiger partial charge in [0, 0.05) is 13.1 Å². The predicted molar refractivity (Wildman–Crippen MR) is 79.1 cm³/mol. The average Bonchev–Trinajstić information content (AvgIpc) is 2.39. The van der Waals surface area contributed by atoms with Gasteiger partial charge in [-0.05, 0) is 43.4 Å². The van der Waals surface area contributed by atoms with Gasteiger partial charge in [0.05, 0.1) is 5.41 Å². The van der Waals surface area contributed by atoms with Gasteiger partial charge in [-0.15, -0.1) is 0 Å². The van der Waals surface area contributed by atoms with Crippen molar-refractivity contribution >= 4 is 5.91 Å². The lowest BCUT2D eigenvalue weighted by Gasteiger charge is -2.44. The Kier molecular flexibility index (Phi) is 4.79. The van der Waals surface area contributed by atoms with Gasteiger partial charge in [0.25, 0.3) is 0 Å². The van der Waals surface area contributed by atoms with Crippen LogP contribution < -0.4 is 0 Å². The highest BCUT2D eigenvalue weighted by molar-refractivity contribution is 5.89. The molecule has 1 aliphatic carbocycles. The smallest absolute Gasteiger partial charge is 0.233 e. The normalized spacial score (nSPS) is 16.6. The van der Waals surface area contributed by atoms with Crippen LogP contribution in [0, 0.1) is 5.82 Å². The van der Waals surface area contributed by atoms with Crippen molar-refractivity contribution in [1.29, 1.82) is 0 Å². The molecule has 0 unspecified atom stereocenters. The van der Waals surface area contributed by atoms with E-state index in [0.717, 1.165) is 50.8 Å². The van der Waals surface area contributed by atoms with Gasteiger partial charge in [-0.1, -0.05) is 32.4 Å². The highest BCUT2D eigenvalue weighted by Gasteiger charge is 2.47. The number of benzene rings is 1. The van der Waals surface area contributed by atoms with Crippen molar-refractivity contribution < 1.29 is 9.18 Å². The van der Waals surface area contributed by atoms with E-state index in [2.05, 4.69) is 13.8 Å². The zero-order valence-corrected chi connectivity index (χ0v) is 12.5. The summed E-state index contributed by atoms with van der Waals surface area (Å²) in [5.41, 5.74) is 0.588. The fraction of sp³-hybridized carbons (Fsp3) is 0.588. The third-order valence-electron chi connectivity index (χ3n) is 4.29. The van der Waals surface area contributed by atoms with E-state index in [1.807, 2.05) is 4.90 Å². The summed E-state index contributed by atoms with van der Waals surface area (Å²) in [7, 11) is 0. The Morgan fingerprint density at radius 3 is 2.10 bits per heavy atom. The molecule has 0 spiro atoms. The number of carbonyl (C=O) groups is 1. The molecule has 1 aromatic carbocycles. The molecule has 0 aliphatic heterocycles. The highest BCUT2D eigenvalue weighted by Crippen LogP contribution is 2.45. The predicted octanol–water partition coefficient (Wildman–Crippen LogP) is 3.90. The molecule has 0 atom stereocenters. The molecule has 0 heterocycles. The zero-order valence-electron chi connectivity index (χ0n) is 12.5. The summed E-state index contributed by atoms with van der Waals surface area (Å²) in [4.78, 5) is 14.9. The molecule has 2 rings (SSSR count). The van der Waals surface area contributed by atoms with Gasteiger partial charge in [0.15, 0.2) is 0 Å². The van der Waals surface area contributed by atoms with Gasteiger partial charge in [0.1, 0.15) is 5.82 Å². The van der Waals surface area contributed by atoms with Crippen LogP contribution in [-0.4, -0.2) is 23.9 Å². The Morgan fingerprint density at radius 1 is 1.15 bits per heavy atom. The van der Waals surface area contributed by atoms with E-state index in [1.165, 1.54) is 12.1 Å². The van der Waals surface area contributed by atoms with Crippen LogP contribution in [0.5, 0.6) is 0 Å². The summed E-state index contributed by atoms with van der Waals surface area (Å²) in [6.07, 6.45) is 4.81. The van der Waals surface area contributed by atoms with Gasteiger partial charge < -0.3 is 4.90 Å². The summed E-state index contributed by atoms with van der Waals surface area (Å²) in [5, 5.41) is 0. The number of halogens is 1. The lowest BCUT2D eigenvalue weighted by molar-refractivity contribution is -0.141.